The molecule has 0 aliphatic carbocycles. The molecule has 0 spiro atoms. The van der Waals surface area contributed by atoms with E-state index in [9.17, 15) is 0 Å². The van der Waals surface area contributed by atoms with Crippen molar-refractivity contribution in [1.29, 1.82) is 0 Å². The van der Waals surface area contributed by atoms with Crippen molar-refractivity contribution in [1.82, 2.24) is 15.3 Å². The molecular weight excluding hydrogens is 290 g/mol. The van der Waals surface area contributed by atoms with Crippen molar-refractivity contribution in [3.05, 3.63) is 40.3 Å². The number of nitrogens with one attached hydrogen (secondary N) is 2. The van der Waals surface area contributed by atoms with Crippen LogP contribution in [0, 0.1) is 6.92 Å². The number of nitrogens with zero attached hydrogens (tertiary/aromatic N) is 1. The standard InChI is InChI=1S/C14H16BrN3/c1-9-13(10-3-2-4-12(15)7-10)18-14(17-9)11-5-6-16-8-11/h2-4,7,11,16H,5-6,8H2,1H3,(H,17,18). The highest BCUT2D eigenvalue weighted by Crippen LogP contribution is 2.27. The van der Waals surface area contributed by atoms with Gasteiger partial charge in [0.1, 0.15) is 5.82 Å². The third-order valence-electron chi connectivity index (χ3n) is 3.45. The fraction of sp³-hybridized carbons (Fsp3) is 0.357. The van der Waals surface area contributed by atoms with Crippen LogP contribution in [-0.4, -0.2) is 23.1 Å². The Morgan fingerprint density at radius 2 is 2.28 bits per heavy atom. The summed E-state index contributed by atoms with van der Waals surface area (Å²) in [7, 11) is 0. The van der Waals surface area contributed by atoms with E-state index in [-0.39, 0.29) is 0 Å². The van der Waals surface area contributed by atoms with Gasteiger partial charge in [0.25, 0.3) is 0 Å². The van der Waals surface area contributed by atoms with Gasteiger partial charge in [-0.3, -0.25) is 0 Å². The number of hydrogen-bond acceptors (Lipinski definition) is 2. The van der Waals surface area contributed by atoms with Crippen molar-refractivity contribution in [3.8, 4) is 11.3 Å². The zero-order valence-electron chi connectivity index (χ0n) is 10.3. The maximum Gasteiger partial charge on any atom is 0.111 e. The van der Waals surface area contributed by atoms with Gasteiger partial charge in [-0.15, -0.1) is 0 Å². The number of halogens is 1. The first-order valence-electron chi connectivity index (χ1n) is 6.27. The van der Waals surface area contributed by atoms with Crippen LogP contribution in [0.2, 0.25) is 0 Å². The molecule has 1 fully saturated rings. The van der Waals surface area contributed by atoms with Crippen LogP contribution < -0.4 is 5.32 Å². The zero-order chi connectivity index (χ0) is 12.5. The molecule has 0 radical (unpaired) electrons. The summed E-state index contributed by atoms with van der Waals surface area (Å²) in [6.07, 6.45) is 1.17. The van der Waals surface area contributed by atoms with Gasteiger partial charge >= 0.3 is 0 Å². The molecule has 0 amide bonds. The summed E-state index contributed by atoms with van der Waals surface area (Å²) in [6.45, 7) is 4.22. The Bertz CT molecular complexity index is 556. The molecule has 1 aliphatic rings. The average Bonchev–Trinajstić information content (AvgIpc) is 2.97. The van der Waals surface area contributed by atoms with Crippen molar-refractivity contribution < 1.29 is 0 Å². The minimum atomic E-state index is 0.532. The molecule has 1 unspecified atom stereocenters. The van der Waals surface area contributed by atoms with Crippen LogP contribution in [-0.2, 0) is 0 Å². The minimum Gasteiger partial charge on any atom is -0.345 e. The normalized spacial score (nSPS) is 19.3. The van der Waals surface area contributed by atoms with E-state index in [1.54, 1.807) is 0 Å². The third-order valence-corrected chi connectivity index (χ3v) is 3.94. The van der Waals surface area contributed by atoms with Crippen LogP contribution in [0.25, 0.3) is 11.3 Å². The molecule has 1 aromatic carbocycles. The molecule has 4 heteroatoms. The second kappa shape index (κ2) is 4.86. The first kappa shape index (κ1) is 11.9. The fourth-order valence-electron chi connectivity index (χ4n) is 2.48. The van der Waals surface area contributed by atoms with Crippen molar-refractivity contribution >= 4 is 15.9 Å². The van der Waals surface area contributed by atoms with E-state index in [0.29, 0.717) is 5.92 Å². The van der Waals surface area contributed by atoms with E-state index in [4.69, 9.17) is 4.98 Å². The molecule has 18 heavy (non-hydrogen) atoms. The van der Waals surface area contributed by atoms with Crippen LogP contribution in [0.5, 0.6) is 0 Å². The molecule has 0 bridgehead atoms. The molecule has 1 aromatic heterocycles. The highest BCUT2D eigenvalue weighted by molar-refractivity contribution is 9.10. The molecule has 2 aromatic rings. The fourth-order valence-corrected chi connectivity index (χ4v) is 2.88. The lowest BCUT2D eigenvalue weighted by atomic mass is 10.1. The lowest BCUT2D eigenvalue weighted by Gasteiger charge is -2.02. The molecule has 3 nitrogen and oxygen atoms in total. The maximum atomic E-state index is 4.79. The topological polar surface area (TPSA) is 40.7 Å². The molecule has 1 saturated heterocycles. The summed E-state index contributed by atoms with van der Waals surface area (Å²) < 4.78 is 1.09. The van der Waals surface area contributed by atoms with Gasteiger partial charge < -0.3 is 10.3 Å². The van der Waals surface area contributed by atoms with E-state index in [1.165, 1.54) is 6.42 Å². The number of aromatic nitrogens is 2. The Labute approximate surface area is 115 Å². The Hall–Kier alpha value is -1.13. The number of rotatable bonds is 2. The number of aromatic amines is 1. The Kier molecular flexibility index (Phi) is 3.22. The monoisotopic (exact) mass is 305 g/mol. The van der Waals surface area contributed by atoms with Crippen molar-refractivity contribution in [2.24, 2.45) is 0 Å². The third kappa shape index (κ3) is 2.22. The molecule has 1 atom stereocenters. The van der Waals surface area contributed by atoms with E-state index in [0.717, 1.165) is 40.3 Å². The number of H-pyrrole nitrogens is 1. The lowest BCUT2D eigenvalue weighted by Crippen LogP contribution is -2.08. The Morgan fingerprint density at radius 1 is 1.39 bits per heavy atom. The molecule has 1 aliphatic heterocycles. The number of imidazole rings is 1. The van der Waals surface area contributed by atoms with Crippen LogP contribution in [0.1, 0.15) is 23.9 Å². The van der Waals surface area contributed by atoms with Crippen LogP contribution in [0.4, 0.5) is 0 Å². The van der Waals surface area contributed by atoms with Gasteiger partial charge in [-0.2, -0.15) is 0 Å². The maximum absolute atomic E-state index is 4.79. The summed E-state index contributed by atoms with van der Waals surface area (Å²) >= 11 is 3.51. The lowest BCUT2D eigenvalue weighted by molar-refractivity contribution is 0.713. The van der Waals surface area contributed by atoms with Crippen LogP contribution in [0.15, 0.2) is 28.7 Å². The highest BCUT2D eigenvalue weighted by Gasteiger charge is 2.21. The summed E-state index contributed by atoms with van der Waals surface area (Å²) in [6, 6.07) is 8.29. The molecule has 0 saturated carbocycles. The predicted octanol–water partition coefficient (Wildman–Crippen LogP) is 3.22. The van der Waals surface area contributed by atoms with Crippen molar-refractivity contribution in [2.75, 3.05) is 13.1 Å². The van der Waals surface area contributed by atoms with Crippen LogP contribution >= 0.6 is 15.9 Å². The summed E-state index contributed by atoms with van der Waals surface area (Å²) in [5.41, 5.74) is 3.38. The first-order chi connectivity index (χ1) is 8.74. The summed E-state index contributed by atoms with van der Waals surface area (Å²) in [5, 5.41) is 3.38. The van der Waals surface area contributed by atoms with Gasteiger partial charge in [0, 0.05) is 28.2 Å². The van der Waals surface area contributed by atoms with Gasteiger partial charge in [-0.1, -0.05) is 28.1 Å². The zero-order valence-corrected chi connectivity index (χ0v) is 11.9. The quantitative estimate of drug-likeness (QED) is 0.894. The van der Waals surface area contributed by atoms with E-state index >= 15 is 0 Å². The highest BCUT2D eigenvalue weighted by atomic mass is 79.9. The van der Waals surface area contributed by atoms with Crippen molar-refractivity contribution in [2.45, 2.75) is 19.3 Å². The first-order valence-corrected chi connectivity index (χ1v) is 7.06. The second-order valence-corrected chi connectivity index (χ2v) is 5.71. The summed E-state index contributed by atoms with van der Waals surface area (Å²) in [4.78, 5) is 8.22. The smallest absolute Gasteiger partial charge is 0.111 e. The van der Waals surface area contributed by atoms with Gasteiger partial charge in [0.15, 0.2) is 0 Å². The van der Waals surface area contributed by atoms with Crippen molar-refractivity contribution in [3.63, 3.8) is 0 Å². The van der Waals surface area contributed by atoms with Gasteiger partial charge in [0.05, 0.1) is 5.69 Å². The molecular formula is C14H16BrN3. The molecule has 94 valence electrons. The molecule has 2 N–H and O–H groups in total. The largest absolute Gasteiger partial charge is 0.345 e. The van der Waals surface area contributed by atoms with Gasteiger partial charge in [-0.05, 0) is 32.0 Å². The molecule has 2 heterocycles. The second-order valence-electron chi connectivity index (χ2n) is 4.80. The molecule has 3 rings (SSSR count). The van der Waals surface area contributed by atoms with Crippen LogP contribution in [0.3, 0.4) is 0 Å². The van der Waals surface area contributed by atoms with E-state index < -0.39 is 0 Å². The number of aryl methyl sites for hydroxylation is 1. The van der Waals surface area contributed by atoms with Gasteiger partial charge in [-0.25, -0.2) is 4.98 Å². The summed E-state index contributed by atoms with van der Waals surface area (Å²) in [5.74, 6) is 1.65. The van der Waals surface area contributed by atoms with E-state index in [1.807, 2.05) is 12.1 Å². The Balaban J connectivity index is 1.97. The van der Waals surface area contributed by atoms with E-state index in [2.05, 4.69) is 45.3 Å². The number of hydrogen-bond donors (Lipinski definition) is 2. The Morgan fingerprint density at radius 3 is 3.00 bits per heavy atom. The number of benzene rings is 1. The van der Waals surface area contributed by atoms with Gasteiger partial charge in [0.2, 0.25) is 0 Å². The minimum absolute atomic E-state index is 0.532. The average molecular weight is 306 g/mol. The predicted molar refractivity (Wildman–Crippen MR) is 76.7 cm³/mol. The SMILES string of the molecule is Cc1[nH]c(C2CCNC2)nc1-c1cccc(Br)c1.